The molecule has 0 aromatic heterocycles. The lowest BCUT2D eigenvalue weighted by atomic mass is 10.1. The van der Waals surface area contributed by atoms with Crippen molar-refractivity contribution in [2.24, 2.45) is 0 Å². The molecule has 6 heteroatoms. The number of carbonyl (C=O) groups is 2. The average Bonchev–Trinajstić information content (AvgIpc) is 2.98. The van der Waals surface area contributed by atoms with Crippen LogP contribution in [0.15, 0.2) is 42.5 Å². The first-order chi connectivity index (χ1) is 13.1. The summed E-state index contributed by atoms with van der Waals surface area (Å²) >= 11 is 0. The molecule has 6 nitrogen and oxygen atoms in total. The molecule has 2 aromatic rings. The van der Waals surface area contributed by atoms with Gasteiger partial charge < -0.3 is 15.5 Å². The van der Waals surface area contributed by atoms with Crippen LogP contribution in [0.3, 0.4) is 0 Å². The molecule has 1 heterocycles. The number of rotatable bonds is 3. The van der Waals surface area contributed by atoms with Gasteiger partial charge in [-0.2, -0.15) is 5.26 Å². The summed E-state index contributed by atoms with van der Waals surface area (Å²) in [6.45, 7) is 5.05. The second-order valence-electron chi connectivity index (χ2n) is 6.57. The summed E-state index contributed by atoms with van der Waals surface area (Å²) in [6.07, 6.45) is 0.945. The van der Waals surface area contributed by atoms with Crippen molar-refractivity contribution in [1.29, 1.82) is 5.26 Å². The van der Waals surface area contributed by atoms with Crippen LogP contribution >= 0.6 is 0 Å². The molecule has 0 unspecified atom stereocenters. The lowest BCUT2D eigenvalue weighted by Crippen LogP contribution is -2.34. The molecule has 1 aliphatic heterocycles. The lowest BCUT2D eigenvalue weighted by molar-refractivity contribution is 0.0766. The first kappa shape index (κ1) is 18.6. The highest BCUT2D eigenvalue weighted by atomic mass is 16.2. The molecule has 2 N–H and O–H groups in total. The van der Waals surface area contributed by atoms with Crippen molar-refractivity contribution in [3.8, 4) is 6.07 Å². The summed E-state index contributed by atoms with van der Waals surface area (Å²) in [6, 6.07) is 13.9. The Kier molecular flexibility index (Phi) is 5.84. The Morgan fingerprint density at radius 1 is 1.11 bits per heavy atom. The molecule has 0 atom stereocenters. The van der Waals surface area contributed by atoms with Crippen LogP contribution in [0.25, 0.3) is 0 Å². The zero-order chi connectivity index (χ0) is 19.2. The number of benzene rings is 2. The van der Waals surface area contributed by atoms with Crippen LogP contribution in [-0.2, 0) is 0 Å². The molecule has 0 saturated carbocycles. The number of nitrogens with zero attached hydrogens (tertiary/aromatic N) is 2. The smallest absolute Gasteiger partial charge is 0.255 e. The zero-order valence-corrected chi connectivity index (χ0v) is 15.3. The molecule has 0 radical (unpaired) electrons. The van der Waals surface area contributed by atoms with Gasteiger partial charge in [0, 0.05) is 36.4 Å². The Bertz CT molecular complexity index is 893. The van der Waals surface area contributed by atoms with Gasteiger partial charge in [-0.15, -0.1) is 0 Å². The Balaban J connectivity index is 1.73. The Labute approximate surface area is 158 Å². The average molecular weight is 362 g/mol. The van der Waals surface area contributed by atoms with Gasteiger partial charge in [-0.3, -0.25) is 9.59 Å². The number of aryl methyl sites for hydroxylation is 1. The molecular formula is C21H22N4O2. The van der Waals surface area contributed by atoms with E-state index in [4.69, 9.17) is 5.26 Å². The third-order valence-electron chi connectivity index (χ3n) is 4.60. The van der Waals surface area contributed by atoms with Gasteiger partial charge in [-0.05, 0) is 61.9 Å². The second-order valence-corrected chi connectivity index (χ2v) is 6.57. The Morgan fingerprint density at radius 2 is 1.96 bits per heavy atom. The predicted octanol–water partition coefficient (Wildman–Crippen LogP) is 2.55. The van der Waals surface area contributed by atoms with Crippen LogP contribution in [0.4, 0.5) is 5.69 Å². The van der Waals surface area contributed by atoms with E-state index >= 15 is 0 Å². The summed E-state index contributed by atoms with van der Waals surface area (Å²) in [4.78, 5) is 27.0. The van der Waals surface area contributed by atoms with Gasteiger partial charge in [0.05, 0.1) is 11.6 Å². The van der Waals surface area contributed by atoms with Gasteiger partial charge in [-0.25, -0.2) is 0 Å². The zero-order valence-electron chi connectivity index (χ0n) is 15.3. The van der Waals surface area contributed by atoms with E-state index in [1.165, 1.54) is 0 Å². The molecule has 2 amide bonds. The summed E-state index contributed by atoms with van der Waals surface area (Å²) in [7, 11) is 0. The van der Waals surface area contributed by atoms with Gasteiger partial charge >= 0.3 is 0 Å². The highest BCUT2D eigenvalue weighted by Gasteiger charge is 2.18. The van der Waals surface area contributed by atoms with Crippen LogP contribution in [0.5, 0.6) is 0 Å². The number of hydrogen-bond acceptors (Lipinski definition) is 4. The maximum Gasteiger partial charge on any atom is 0.255 e. The highest BCUT2D eigenvalue weighted by molar-refractivity contribution is 6.05. The van der Waals surface area contributed by atoms with Crippen molar-refractivity contribution in [1.82, 2.24) is 10.2 Å². The van der Waals surface area contributed by atoms with Crippen LogP contribution in [0, 0.1) is 18.3 Å². The molecule has 0 aliphatic carbocycles. The fourth-order valence-electron chi connectivity index (χ4n) is 3.09. The molecule has 27 heavy (non-hydrogen) atoms. The van der Waals surface area contributed by atoms with E-state index in [-0.39, 0.29) is 11.8 Å². The predicted molar refractivity (Wildman–Crippen MR) is 104 cm³/mol. The monoisotopic (exact) mass is 362 g/mol. The SMILES string of the molecule is Cc1cc(C(=O)N2CCCNCC2)ccc1NC(=O)c1cccc(C#N)c1. The lowest BCUT2D eigenvalue weighted by Gasteiger charge is -2.20. The summed E-state index contributed by atoms with van der Waals surface area (Å²) in [5.41, 5.74) is 2.95. The fraction of sp³-hybridized carbons (Fsp3) is 0.286. The third-order valence-corrected chi connectivity index (χ3v) is 4.60. The first-order valence-corrected chi connectivity index (χ1v) is 9.00. The van der Waals surface area contributed by atoms with E-state index in [9.17, 15) is 9.59 Å². The topological polar surface area (TPSA) is 85.2 Å². The molecule has 3 rings (SSSR count). The minimum atomic E-state index is -0.284. The minimum Gasteiger partial charge on any atom is -0.337 e. The highest BCUT2D eigenvalue weighted by Crippen LogP contribution is 2.19. The maximum absolute atomic E-state index is 12.7. The van der Waals surface area contributed by atoms with Gasteiger partial charge in [0.1, 0.15) is 0 Å². The van der Waals surface area contributed by atoms with E-state index in [1.807, 2.05) is 24.0 Å². The van der Waals surface area contributed by atoms with Crippen molar-refractivity contribution in [2.45, 2.75) is 13.3 Å². The van der Waals surface area contributed by atoms with Crippen LogP contribution in [-0.4, -0.2) is 42.9 Å². The van der Waals surface area contributed by atoms with Crippen LogP contribution in [0.1, 0.15) is 38.3 Å². The molecule has 1 fully saturated rings. The molecule has 1 saturated heterocycles. The molecule has 2 aromatic carbocycles. The third kappa shape index (κ3) is 4.52. The van der Waals surface area contributed by atoms with E-state index in [0.717, 1.165) is 31.6 Å². The van der Waals surface area contributed by atoms with E-state index in [2.05, 4.69) is 10.6 Å². The molecule has 0 spiro atoms. The van der Waals surface area contributed by atoms with E-state index in [0.29, 0.717) is 28.9 Å². The molecular weight excluding hydrogens is 340 g/mol. The normalized spacial score (nSPS) is 14.1. The van der Waals surface area contributed by atoms with E-state index in [1.54, 1.807) is 36.4 Å². The van der Waals surface area contributed by atoms with E-state index < -0.39 is 0 Å². The quantitative estimate of drug-likeness (QED) is 0.879. The van der Waals surface area contributed by atoms with Crippen molar-refractivity contribution in [3.63, 3.8) is 0 Å². The summed E-state index contributed by atoms with van der Waals surface area (Å²) in [5, 5.41) is 15.1. The van der Waals surface area contributed by atoms with Gasteiger partial charge in [0.25, 0.3) is 11.8 Å². The number of nitriles is 1. The minimum absolute atomic E-state index is 0.0152. The Morgan fingerprint density at radius 3 is 2.74 bits per heavy atom. The maximum atomic E-state index is 12.7. The number of hydrogen-bond donors (Lipinski definition) is 2. The number of carbonyl (C=O) groups excluding carboxylic acids is 2. The van der Waals surface area contributed by atoms with Gasteiger partial charge in [0.15, 0.2) is 0 Å². The van der Waals surface area contributed by atoms with Crippen molar-refractivity contribution in [3.05, 3.63) is 64.7 Å². The summed E-state index contributed by atoms with van der Waals surface area (Å²) < 4.78 is 0. The largest absolute Gasteiger partial charge is 0.337 e. The molecule has 1 aliphatic rings. The number of anilines is 1. The fourth-order valence-corrected chi connectivity index (χ4v) is 3.09. The van der Waals surface area contributed by atoms with Crippen LogP contribution < -0.4 is 10.6 Å². The van der Waals surface area contributed by atoms with Crippen LogP contribution in [0.2, 0.25) is 0 Å². The van der Waals surface area contributed by atoms with Crippen molar-refractivity contribution >= 4 is 17.5 Å². The molecule has 138 valence electrons. The second kappa shape index (κ2) is 8.47. The number of amides is 2. The van der Waals surface area contributed by atoms with Crippen molar-refractivity contribution in [2.75, 3.05) is 31.5 Å². The summed E-state index contributed by atoms with van der Waals surface area (Å²) in [5.74, 6) is -0.269. The molecule has 0 bridgehead atoms. The van der Waals surface area contributed by atoms with Crippen molar-refractivity contribution < 1.29 is 9.59 Å². The van der Waals surface area contributed by atoms with Gasteiger partial charge in [-0.1, -0.05) is 6.07 Å². The number of nitrogens with one attached hydrogen (secondary N) is 2. The standard InChI is InChI=1S/C21H22N4O2/c1-15-12-18(21(27)25-10-3-8-23-9-11-25)6-7-19(15)24-20(26)17-5-2-4-16(13-17)14-22/h2,4-7,12-13,23H,3,8-11H2,1H3,(H,24,26). The van der Waals surface area contributed by atoms with Gasteiger partial charge in [0.2, 0.25) is 0 Å². The Hall–Kier alpha value is -3.17. The first-order valence-electron chi connectivity index (χ1n) is 9.00.